The Morgan fingerprint density at radius 3 is 3.05 bits per heavy atom. The van der Waals surface area contributed by atoms with E-state index in [0.29, 0.717) is 37.6 Å². The van der Waals surface area contributed by atoms with Crippen molar-refractivity contribution in [1.29, 1.82) is 0 Å². The van der Waals surface area contributed by atoms with Gasteiger partial charge in [0.25, 0.3) is 0 Å². The fourth-order valence-corrected chi connectivity index (χ4v) is 3.66. The fourth-order valence-electron chi connectivity index (χ4n) is 3.66. The smallest absolute Gasteiger partial charge is 0.317 e. The van der Waals surface area contributed by atoms with Crippen molar-refractivity contribution in [3.8, 4) is 0 Å². The van der Waals surface area contributed by atoms with Gasteiger partial charge in [0.05, 0.1) is 18.2 Å². The molecular weight excluding hydrogens is 286 g/mol. The van der Waals surface area contributed by atoms with E-state index in [9.17, 15) is 14.7 Å². The minimum Gasteiger partial charge on any atom is -0.481 e. The molecule has 0 radical (unpaired) electrons. The molecule has 2 heterocycles. The number of fused-ring (bicyclic) bond motifs is 1. The number of urea groups is 1. The van der Waals surface area contributed by atoms with Crippen LogP contribution in [0.25, 0.3) is 0 Å². The minimum absolute atomic E-state index is 0.0766. The van der Waals surface area contributed by atoms with Gasteiger partial charge in [-0.2, -0.15) is 0 Å². The molecule has 7 heteroatoms. The summed E-state index contributed by atoms with van der Waals surface area (Å²) in [5.74, 6) is 0.558. The number of hydrogen-bond donors (Lipinski definition) is 2. The zero-order valence-corrected chi connectivity index (χ0v) is 12.7. The van der Waals surface area contributed by atoms with Crippen LogP contribution in [0.2, 0.25) is 0 Å². The van der Waals surface area contributed by atoms with Crippen molar-refractivity contribution in [2.24, 2.45) is 11.3 Å². The first kappa shape index (κ1) is 14.9. The van der Waals surface area contributed by atoms with Gasteiger partial charge in [0.15, 0.2) is 5.89 Å². The Morgan fingerprint density at radius 2 is 2.41 bits per heavy atom. The van der Waals surface area contributed by atoms with Crippen LogP contribution in [-0.2, 0) is 17.8 Å². The molecule has 3 rings (SSSR count). The van der Waals surface area contributed by atoms with E-state index in [1.54, 1.807) is 11.1 Å². The Morgan fingerprint density at radius 1 is 1.59 bits per heavy atom. The molecule has 1 aromatic rings. The fraction of sp³-hybridized carbons (Fsp3) is 0.667. The summed E-state index contributed by atoms with van der Waals surface area (Å²) in [6.45, 7) is 3.04. The lowest BCUT2D eigenvalue weighted by atomic mass is 9.81. The topological polar surface area (TPSA) is 95.7 Å². The van der Waals surface area contributed by atoms with E-state index in [2.05, 4.69) is 10.3 Å². The number of carbonyl (C=O) groups is 2. The number of carboxylic acid groups (broad SMARTS) is 1. The summed E-state index contributed by atoms with van der Waals surface area (Å²) in [6, 6.07) is -0.232. The third kappa shape index (κ3) is 2.44. The Labute approximate surface area is 128 Å². The number of aryl methyl sites for hydroxylation is 1. The van der Waals surface area contributed by atoms with Gasteiger partial charge in [-0.15, -0.1) is 0 Å². The molecule has 1 aromatic heterocycles. The van der Waals surface area contributed by atoms with Crippen molar-refractivity contribution in [1.82, 2.24) is 15.2 Å². The standard InChI is InChI=1S/C15H21N3O4/c1-2-12-16-6-11(22-12)7-17-14(21)18-8-10-4-3-5-15(10,9-18)13(19)20/h6,10H,2-5,7-9H2,1H3,(H,17,21)(H,19,20)/t10-,15+/m0/s1. The molecular formula is C15H21N3O4. The van der Waals surface area contributed by atoms with Crippen LogP contribution in [0.1, 0.15) is 37.8 Å². The van der Waals surface area contributed by atoms with E-state index in [4.69, 9.17) is 4.42 Å². The number of likely N-dealkylation sites (tertiary alicyclic amines) is 1. The van der Waals surface area contributed by atoms with E-state index in [-0.39, 0.29) is 18.5 Å². The zero-order chi connectivity index (χ0) is 15.7. The largest absolute Gasteiger partial charge is 0.481 e. The highest BCUT2D eigenvalue weighted by Crippen LogP contribution is 2.48. The molecule has 1 saturated heterocycles. The number of aromatic nitrogens is 1. The van der Waals surface area contributed by atoms with E-state index < -0.39 is 11.4 Å². The molecule has 22 heavy (non-hydrogen) atoms. The van der Waals surface area contributed by atoms with Crippen molar-refractivity contribution in [3.05, 3.63) is 17.8 Å². The summed E-state index contributed by atoms with van der Waals surface area (Å²) in [7, 11) is 0. The number of carboxylic acids is 1. The van der Waals surface area contributed by atoms with Crippen LogP contribution < -0.4 is 5.32 Å². The van der Waals surface area contributed by atoms with E-state index in [0.717, 1.165) is 12.8 Å². The second-order valence-electron chi connectivity index (χ2n) is 6.16. The maximum Gasteiger partial charge on any atom is 0.317 e. The number of aliphatic carboxylic acids is 1. The summed E-state index contributed by atoms with van der Waals surface area (Å²) in [6.07, 6.45) is 4.81. The second-order valence-corrected chi connectivity index (χ2v) is 6.16. The zero-order valence-electron chi connectivity index (χ0n) is 12.7. The quantitative estimate of drug-likeness (QED) is 0.881. The Kier molecular flexibility index (Phi) is 3.80. The van der Waals surface area contributed by atoms with Gasteiger partial charge in [0, 0.05) is 19.5 Å². The molecule has 2 N–H and O–H groups in total. The van der Waals surface area contributed by atoms with Gasteiger partial charge in [0.1, 0.15) is 5.76 Å². The van der Waals surface area contributed by atoms with Gasteiger partial charge in [-0.3, -0.25) is 4.79 Å². The van der Waals surface area contributed by atoms with Crippen molar-refractivity contribution in [2.75, 3.05) is 13.1 Å². The van der Waals surface area contributed by atoms with E-state index in [1.165, 1.54) is 0 Å². The molecule has 0 spiro atoms. The summed E-state index contributed by atoms with van der Waals surface area (Å²) in [5, 5.41) is 12.3. The van der Waals surface area contributed by atoms with E-state index >= 15 is 0 Å². The normalized spacial score (nSPS) is 27.0. The van der Waals surface area contributed by atoms with Gasteiger partial charge in [-0.25, -0.2) is 9.78 Å². The number of amides is 2. The van der Waals surface area contributed by atoms with Crippen molar-refractivity contribution in [2.45, 2.75) is 39.2 Å². The van der Waals surface area contributed by atoms with Crippen LogP contribution in [0.15, 0.2) is 10.6 Å². The number of oxazole rings is 1. The molecule has 0 bridgehead atoms. The first-order valence-electron chi connectivity index (χ1n) is 7.75. The number of nitrogens with zero attached hydrogens (tertiary/aromatic N) is 2. The predicted molar refractivity (Wildman–Crippen MR) is 77.1 cm³/mol. The first-order chi connectivity index (χ1) is 10.5. The SMILES string of the molecule is CCc1ncc(CNC(=O)N2C[C@@H]3CCC[C@@]3(C(=O)O)C2)o1. The molecule has 2 atom stereocenters. The second kappa shape index (κ2) is 5.62. The Bertz CT molecular complexity index is 585. The van der Waals surface area contributed by atoms with Crippen LogP contribution in [0.4, 0.5) is 4.79 Å². The highest BCUT2D eigenvalue weighted by atomic mass is 16.4. The van der Waals surface area contributed by atoms with E-state index in [1.807, 2.05) is 6.92 Å². The molecule has 2 fully saturated rings. The lowest BCUT2D eigenvalue weighted by Gasteiger charge is -2.23. The molecule has 2 amide bonds. The lowest BCUT2D eigenvalue weighted by molar-refractivity contribution is -0.149. The minimum atomic E-state index is -0.770. The van der Waals surface area contributed by atoms with Crippen LogP contribution in [0.3, 0.4) is 0 Å². The highest BCUT2D eigenvalue weighted by Gasteiger charge is 2.55. The van der Waals surface area contributed by atoms with Crippen molar-refractivity contribution >= 4 is 12.0 Å². The predicted octanol–water partition coefficient (Wildman–Crippen LogP) is 1.63. The van der Waals surface area contributed by atoms with Crippen LogP contribution in [-0.4, -0.2) is 40.1 Å². The average molecular weight is 307 g/mol. The molecule has 120 valence electrons. The molecule has 1 aliphatic carbocycles. The summed E-state index contributed by atoms with van der Waals surface area (Å²) < 4.78 is 5.44. The number of hydrogen-bond acceptors (Lipinski definition) is 4. The Balaban J connectivity index is 1.58. The summed E-state index contributed by atoms with van der Waals surface area (Å²) in [5.41, 5.74) is -0.737. The monoisotopic (exact) mass is 307 g/mol. The van der Waals surface area contributed by atoms with Gasteiger partial charge >= 0.3 is 12.0 Å². The van der Waals surface area contributed by atoms with Crippen LogP contribution in [0, 0.1) is 11.3 Å². The van der Waals surface area contributed by atoms with Crippen molar-refractivity contribution in [3.63, 3.8) is 0 Å². The highest BCUT2D eigenvalue weighted by molar-refractivity contribution is 5.80. The molecule has 0 aromatic carbocycles. The molecule has 2 aliphatic rings. The third-order valence-electron chi connectivity index (χ3n) is 4.90. The maximum atomic E-state index is 12.3. The first-order valence-corrected chi connectivity index (χ1v) is 7.75. The molecule has 7 nitrogen and oxygen atoms in total. The number of rotatable bonds is 4. The molecule has 0 unspecified atom stereocenters. The third-order valence-corrected chi connectivity index (χ3v) is 4.90. The van der Waals surface area contributed by atoms with Crippen LogP contribution in [0.5, 0.6) is 0 Å². The number of carbonyl (C=O) groups excluding carboxylic acids is 1. The maximum absolute atomic E-state index is 12.3. The molecule has 1 aliphatic heterocycles. The average Bonchev–Trinajstić information content (AvgIpc) is 3.17. The van der Waals surface area contributed by atoms with Gasteiger partial charge in [0.2, 0.25) is 0 Å². The lowest BCUT2D eigenvalue weighted by Crippen LogP contribution is -2.41. The summed E-state index contributed by atoms with van der Waals surface area (Å²) >= 11 is 0. The number of nitrogens with one attached hydrogen (secondary N) is 1. The van der Waals surface area contributed by atoms with Crippen LogP contribution >= 0.6 is 0 Å². The Hall–Kier alpha value is -2.05. The van der Waals surface area contributed by atoms with Crippen molar-refractivity contribution < 1.29 is 19.1 Å². The van der Waals surface area contributed by atoms with Gasteiger partial charge < -0.3 is 19.7 Å². The molecule has 1 saturated carbocycles. The summed E-state index contributed by atoms with van der Waals surface area (Å²) in [4.78, 5) is 29.6. The van der Waals surface area contributed by atoms with Gasteiger partial charge in [-0.1, -0.05) is 13.3 Å². The van der Waals surface area contributed by atoms with Gasteiger partial charge in [-0.05, 0) is 18.8 Å².